The normalized spacial score (nSPS) is 13.1. The van der Waals surface area contributed by atoms with Gasteiger partial charge in [0.15, 0.2) is 6.29 Å². The zero-order valence-corrected chi connectivity index (χ0v) is 14.8. The fourth-order valence-electron chi connectivity index (χ4n) is 3.38. The van der Waals surface area contributed by atoms with Crippen molar-refractivity contribution in [3.63, 3.8) is 0 Å². The zero-order valence-electron chi connectivity index (χ0n) is 14.8. The van der Waals surface area contributed by atoms with E-state index in [-0.39, 0.29) is 0 Å². The van der Waals surface area contributed by atoms with Gasteiger partial charge in [-0.25, -0.2) is 0 Å². The molecule has 2 heterocycles. The summed E-state index contributed by atoms with van der Waals surface area (Å²) in [5.74, 6) is 0.713. The fraction of sp³-hybridized carbons (Fsp3) is 0.0909. The van der Waals surface area contributed by atoms with Gasteiger partial charge in [-0.15, -0.1) is 0 Å². The highest BCUT2D eigenvalue weighted by Crippen LogP contribution is 2.36. The molecule has 134 valence electrons. The van der Waals surface area contributed by atoms with E-state index in [0.29, 0.717) is 5.75 Å². The molecule has 0 fully saturated rings. The second-order valence-electron chi connectivity index (χ2n) is 6.27. The van der Waals surface area contributed by atoms with E-state index >= 15 is 0 Å². The van der Waals surface area contributed by atoms with Crippen LogP contribution in [0, 0.1) is 0 Å². The number of anilines is 1. The Bertz CT molecular complexity index is 1080. The quantitative estimate of drug-likeness (QED) is 0.509. The number of pyridine rings is 1. The molecule has 0 bridgehead atoms. The number of rotatable bonds is 6. The topological polar surface area (TPSA) is 67.0 Å². The third-order valence-corrected chi connectivity index (χ3v) is 4.72. The number of fused-ring (bicyclic) bond motifs is 1. The number of methoxy groups -OCH3 is 1. The Morgan fingerprint density at radius 3 is 2.78 bits per heavy atom. The van der Waals surface area contributed by atoms with Crippen molar-refractivity contribution >= 4 is 22.9 Å². The molecule has 5 heteroatoms. The average molecular weight is 357 g/mol. The summed E-state index contributed by atoms with van der Waals surface area (Å²) < 4.78 is 5.32. The van der Waals surface area contributed by atoms with Gasteiger partial charge in [0.2, 0.25) is 0 Å². The van der Waals surface area contributed by atoms with Crippen LogP contribution in [0.4, 0.5) is 5.69 Å². The Balaban J connectivity index is 1.93. The Labute approximate surface area is 157 Å². The van der Waals surface area contributed by atoms with Gasteiger partial charge in [0.1, 0.15) is 11.3 Å². The van der Waals surface area contributed by atoms with Crippen LogP contribution >= 0.6 is 0 Å². The highest BCUT2D eigenvalue weighted by Gasteiger charge is 2.36. The molecular formula is C22H19N3O2. The molecule has 0 saturated heterocycles. The molecule has 0 spiro atoms. The van der Waals surface area contributed by atoms with E-state index in [9.17, 15) is 4.79 Å². The van der Waals surface area contributed by atoms with E-state index in [4.69, 9.17) is 4.74 Å². The predicted octanol–water partition coefficient (Wildman–Crippen LogP) is 4.13. The molecule has 1 atom stereocenters. The Morgan fingerprint density at radius 1 is 1.11 bits per heavy atom. The van der Waals surface area contributed by atoms with Crippen molar-refractivity contribution < 1.29 is 9.53 Å². The summed E-state index contributed by atoms with van der Waals surface area (Å²) in [6, 6.07) is 19.2. The smallest absolute Gasteiger partial charge is 0.154 e. The van der Waals surface area contributed by atoms with Crippen molar-refractivity contribution in [1.29, 1.82) is 0 Å². The first kappa shape index (κ1) is 16.8. The third-order valence-electron chi connectivity index (χ3n) is 4.72. The number of nitrogens with one attached hydrogen (secondary N) is 2. The van der Waals surface area contributed by atoms with Crippen molar-refractivity contribution in [3.05, 3.63) is 90.4 Å². The molecule has 0 radical (unpaired) electrons. The second kappa shape index (κ2) is 6.96. The van der Waals surface area contributed by atoms with Crippen LogP contribution < -0.4 is 10.1 Å². The van der Waals surface area contributed by atoms with E-state index in [2.05, 4.69) is 15.3 Å². The number of benzene rings is 2. The fourth-order valence-corrected chi connectivity index (χ4v) is 3.38. The average Bonchev–Trinajstić information content (AvgIpc) is 3.17. The first-order chi connectivity index (χ1) is 13.3. The largest absolute Gasteiger partial charge is 0.497 e. The van der Waals surface area contributed by atoms with Crippen LogP contribution in [0.5, 0.6) is 5.75 Å². The van der Waals surface area contributed by atoms with Gasteiger partial charge >= 0.3 is 0 Å². The maximum atomic E-state index is 12.6. The molecule has 0 aliphatic heterocycles. The summed E-state index contributed by atoms with van der Waals surface area (Å²) in [6.45, 7) is 0. The van der Waals surface area contributed by atoms with E-state index in [1.165, 1.54) is 0 Å². The highest BCUT2D eigenvalue weighted by atomic mass is 16.5. The molecule has 5 nitrogen and oxygen atoms in total. The van der Waals surface area contributed by atoms with Crippen LogP contribution in [0.15, 0.2) is 79.3 Å². The standard InChI is InChI=1S/C22H19N3O2/c1-27-18-8-4-7-17(12-18)25-22(15-26,16-6-5-11-23-13-16)20-14-24-21-10-3-2-9-19(20)21/h2-15,24-25H,1H3. The Hall–Kier alpha value is -3.60. The molecule has 0 amide bonds. The number of carbonyl (C=O) groups is 1. The summed E-state index contributed by atoms with van der Waals surface area (Å²) in [4.78, 5) is 20.1. The molecule has 27 heavy (non-hydrogen) atoms. The van der Waals surface area contributed by atoms with E-state index in [1.54, 1.807) is 19.5 Å². The summed E-state index contributed by atoms with van der Waals surface area (Å²) in [5.41, 5.74) is 2.24. The number of carbonyl (C=O) groups excluding carboxylic acids is 1. The molecule has 4 rings (SSSR count). The van der Waals surface area contributed by atoms with Gasteiger partial charge in [0, 0.05) is 52.4 Å². The number of H-pyrrole nitrogens is 1. The van der Waals surface area contributed by atoms with E-state index in [0.717, 1.165) is 34.0 Å². The van der Waals surface area contributed by atoms with Crippen molar-refractivity contribution in [2.45, 2.75) is 5.54 Å². The summed E-state index contributed by atoms with van der Waals surface area (Å²) in [7, 11) is 1.62. The van der Waals surface area contributed by atoms with Crippen LogP contribution in [-0.4, -0.2) is 23.4 Å². The Kier molecular flexibility index (Phi) is 4.34. The van der Waals surface area contributed by atoms with Gasteiger partial charge in [-0.05, 0) is 24.3 Å². The maximum absolute atomic E-state index is 12.6. The minimum Gasteiger partial charge on any atom is -0.497 e. The van der Waals surface area contributed by atoms with Crippen LogP contribution in [0.3, 0.4) is 0 Å². The van der Waals surface area contributed by atoms with Crippen molar-refractivity contribution in [3.8, 4) is 5.75 Å². The molecule has 1 unspecified atom stereocenters. The van der Waals surface area contributed by atoms with E-state index < -0.39 is 5.54 Å². The van der Waals surface area contributed by atoms with Crippen LogP contribution in [-0.2, 0) is 10.3 Å². The summed E-state index contributed by atoms with van der Waals surface area (Å²) in [6.07, 6.45) is 6.21. The monoisotopic (exact) mass is 357 g/mol. The van der Waals surface area contributed by atoms with Crippen molar-refractivity contribution in [2.24, 2.45) is 0 Å². The summed E-state index contributed by atoms with van der Waals surface area (Å²) in [5, 5.41) is 4.40. The lowest BCUT2D eigenvalue weighted by molar-refractivity contribution is -0.110. The number of para-hydroxylation sites is 1. The number of aldehydes is 1. The Morgan fingerprint density at radius 2 is 2.00 bits per heavy atom. The van der Waals surface area contributed by atoms with Gasteiger partial charge in [0.05, 0.1) is 7.11 Å². The van der Waals surface area contributed by atoms with Crippen molar-refractivity contribution in [2.75, 3.05) is 12.4 Å². The van der Waals surface area contributed by atoms with Crippen molar-refractivity contribution in [1.82, 2.24) is 9.97 Å². The SMILES string of the molecule is COc1cccc(NC(C=O)(c2cccnc2)c2c[nH]c3ccccc23)c1. The molecule has 2 aromatic carbocycles. The maximum Gasteiger partial charge on any atom is 0.154 e. The van der Waals surface area contributed by atoms with E-state index in [1.807, 2.05) is 66.9 Å². The molecule has 4 aromatic rings. The van der Waals surface area contributed by atoms with Gasteiger partial charge in [0.25, 0.3) is 0 Å². The number of nitrogens with zero attached hydrogens (tertiary/aromatic N) is 1. The summed E-state index contributed by atoms with van der Waals surface area (Å²) >= 11 is 0. The van der Waals surface area contributed by atoms with Gasteiger partial charge in [-0.2, -0.15) is 0 Å². The lowest BCUT2D eigenvalue weighted by Crippen LogP contribution is -2.38. The van der Waals surface area contributed by atoms with Gasteiger partial charge in [-0.1, -0.05) is 30.3 Å². The molecular weight excluding hydrogens is 338 g/mol. The first-order valence-corrected chi connectivity index (χ1v) is 8.62. The number of aromatic amines is 1. The minimum atomic E-state index is -1.10. The number of aromatic nitrogens is 2. The lowest BCUT2D eigenvalue weighted by atomic mass is 9.84. The third kappa shape index (κ3) is 2.93. The second-order valence-corrected chi connectivity index (χ2v) is 6.27. The minimum absolute atomic E-state index is 0.713. The van der Waals surface area contributed by atoms with Crippen LogP contribution in [0.2, 0.25) is 0 Å². The lowest BCUT2D eigenvalue weighted by Gasteiger charge is -2.31. The first-order valence-electron chi connectivity index (χ1n) is 8.62. The molecule has 0 aliphatic rings. The van der Waals surface area contributed by atoms with Crippen LogP contribution in [0.1, 0.15) is 11.1 Å². The number of hydrogen-bond donors (Lipinski definition) is 2. The van der Waals surface area contributed by atoms with Crippen LogP contribution in [0.25, 0.3) is 10.9 Å². The molecule has 2 N–H and O–H groups in total. The van der Waals surface area contributed by atoms with Gasteiger partial charge in [-0.3, -0.25) is 9.78 Å². The highest BCUT2D eigenvalue weighted by molar-refractivity contribution is 5.92. The predicted molar refractivity (Wildman–Crippen MR) is 106 cm³/mol. The van der Waals surface area contributed by atoms with Gasteiger partial charge < -0.3 is 15.0 Å². The molecule has 0 aliphatic carbocycles. The molecule has 2 aromatic heterocycles. The number of hydrogen-bond acceptors (Lipinski definition) is 4. The number of ether oxygens (including phenoxy) is 1. The molecule has 0 saturated carbocycles. The zero-order chi connectivity index (χ0) is 18.7.